The molecule has 0 aliphatic carbocycles. The third-order valence-corrected chi connectivity index (χ3v) is 9.41. The third-order valence-electron chi connectivity index (χ3n) is 9.10. The van der Waals surface area contributed by atoms with Gasteiger partial charge in [-0.2, -0.15) is 18.3 Å². The van der Waals surface area contributed by atoms with Crippen molar-refractivity contribution >= 4 is 40.7 Å². The number of anilines is 2. The molecule has 14 nitrogen and oxygen atoms in total. The molecule has 4 N–H and O–H groups in total. The quantitative estimate of drug-likeness (QED) is 0.257. The summed E-state index contributed by atoms with van der Waals surface area (Å²) < 4.78 is 44.6. The fourth-order valence-electron chi connectivity index (χ4n) is 6.44. The molecule has 0 unspecified atom stereocenters. The number of nitrogens with zero attached hydrogens (tertiary/aromatic N) is 8. The molecule has 3 amide bonds. The number of carbonyl (C=O) groups excluding carboxylic acids is 3. The number of likely N-dealkylation sites (tertiary alicyclic amines) is 1. The highest BCUT2D eigenvalue weighted by atomic mass is 35.5. The lowest BCUT2D eigenvalue weighted by atomic mass is 10.1. The second-order valence-corrected chi connectivity index (χ2v) is 13.3. The van der Waals surface area contributed by atoms with Crippen molar-refractivity contribution in [1.82, 2.24) is 34.1 Å². The van der Waals surface area contributed by atoms with Crippen molar-refractivity contribution in [3.8, 4) is 17.1 Å². The normalized spacial score (nSPS) is 19.1. The fraction of sp³-hybridized carbons (Fsp3) is 0.375. The molecular formula is C32H35ClF3N10O4+. The molecule has 50 heavy (non-hydrogen) atoms. The standard InChI is InChI=1S/C32H34ClF3N10O4/c1-42-24(22-16-45(41-27(22)32(34,35)36)26-7-4-18(37)14-38-26)15-39-28(42)29(48)40-19-5-6-21(23(33)12-19)30(49)43-8-10-44(11-9-43)31(50)25-13-20(47)17-46(25,2)3/h4-7,12,14-16,20,25,47H,8-11,13,17,37H2,1-3H3/p+1/t20-,25+/m1/s1. The zero-order valence-electron chi connectivity index (χ0n) is 27.4. The SMILES string of the molecule is Cn1c(-c2cn(-c3ccc(N)cn3)nc2C(F)(F)F)cnc1C(=O)Nc1ccc(C(=O)N2CCN(C(=O)[C@@H]3C[C@@H](O)C[N+]3(C)C)CC2)c(Cl)c1. The summed E-state index contributed by atoms with van der Waals surface area (Å²) in [4.78, 5) is 51.2. The van der Waals surface area contributed by atoms with Crippen molar-refractivity contribution < 1.29 is 37.1 Å². The molecular weight excluding hydrogens is 681 g/mol. The van der Waals surface area contributed by atoms with Gasteiger partial charge in [-0.15, -0.1) is 0 Å². The number of benzene rings is 1. The molecule has 2 aliphatic rings. The number of nitrogens with one attached hydrogen (secondary N) is 1. The van der Waals surface area contributed by atoms with E-state index in [1.165, 1.54) is 48.1 Å². The Labute approximate surface area is 289 Å². The van der Waals surface area contributed by atoms with Crippen LogP contribution in [0.25, 0.3) is 17.1 Å². The first-order chi connectivity index (χ1) is 23.5. The third kappa shape index (κ3) is 6.75. The number of aromatic nitrogens is 5. The summed E-state index contributed by atoms with van der Waals surface area (Å²) in [5, 5.41) is 16.5. The minimum absolute atomic E-state index is 0.0199. The number of amides is 3. The number of pyridine rings is 1. The smallest absolute Gasteiger partial charge is 0.397 e. The van der Waals surface area contributed by atoms with Gasteiger partial charge in [-0.05, 0) is 30.3 Å². The number of quaternary nitrogens is 1. The van der Waals surface area contributed by atoms with Gasteiger partial charge in [-0.3, -0.25) is 14.4 Å². The molecule has 0 saturated carbocycles. The van der Waals surface area contributed by atoms with Gasteiger partial charge >= 0.3 is 6.18 Å². The van der Waals surface area contributed by atoms with Crippen LogP contribution < -0.4 is 11.1 Å². The van der Waals surface area contributed by atoms with Crippen LogP contribution in [-0.4, -0.2) is 120 Å². The number of rotatable bonds is 6. The Balaban J connectivity index is 1.13. The predicted molar refractivity (Wildman–Crippen MR) is 176 cm³/mol. The summed E-state index contributed by atoms with van der Waals surface area (Å²) in [6, 6.07) is 6.91. The lowest BCUT2D eigenvalue weighted by Crippen LogP contribution is -2.58. The van der Waals surface area contributed by atoms with Crippen LogP contribution >= 0.6 is 11.6 Å². The van der Waals surface area contributed by atoms with Crippen LogP contribution in [0.2, 0.25) is 5.02 Å². The summed E-state index contributed by atoms with van der Waals surface area (Å²) in [6.07, 6.45) is -1.37. The number of piperazine rings is 1. The van der Waals surface area contributed by atoms with Gasteiger partial charge in [0.1, 0.15) is 12.6 Å². The first-order valence-corrected chi connectivity index (χ1v) is 16.0. The highest BCUT2D eigenvalue weighted by molar-refractivity contribution is 6.34. The van der Waals surface area contributed by atoms with Crippen molar-refractivity contribution in [2.75, 3.05) is 57.9 Å². The average Bonchev–Trinajstić information content (AvgIpc) is 3.74. The second kappa shape index (κ2) is 13.0. The van der Waals surface area contributed by atoms with Crippen LogP contribution in [0.4, 0.5) is 24.5 Å². The van der Waals surface area contributed by atoms with Crippen molar-refractivity contribution in [2.24, 2.45) is 7.05 Å². The molecule has 18 heteroatoms. The van der Waals surface area contributed by atoms with Crippen LogP contribution in [-0.2, 0) is 18.0 Å². The molecule has 3 aromatic heterocycles. The Hall–Kier alpha value is -5.00. The zero-order valence-corrected chi connectivity index (χ0v) is 28.1. The Morgan fingerprint density at radius 1 is 1.04 bits per heavy atom. The van der Waals surface area contributed by atoms with Gasteiger partial charge < -0.3 is 35.0 Å². The second-order valence-electron chi connectivity index (χ2n) is 12.9. The Morgan fingerprint density at radius 3 is 2.34 bits per heavy atom. The lowest BCUT2D eigenvalue weighted by Gasteiger charge is -2.38. The molecule has 0 radical (unpaired) electrons. The van der Waals surface area contributed by atoms with E-state index in [0.717, 1.165) is 17.1 Å². The molecule has 2 atom stereocenters. The number of hydrogen-bond donors (Lipinski definition) is 3. The Morgan fingerprint density at radius 2 is 1.74 bits per heavy atom. The van der Waals surface area contributed by atoms with E-state index in [1.54, 1.807) is 9.80 Å². The van der Waals surface area contributed by atoms with Gasteiger partial charge in [0.15, 0.2) is 23.4 Å². The highest BCUT2D eigenvalue weighted by Crippen LogP contribution is 2.37. The molecule has 1 aromatic carbocycles. The van der Waals surface area contributed by atoms with Gasteiger partial charge in [0.25, 0.3) is 17.7 Å². The number of alkyl halides is 3. The molecule has 5 heterocycles. The predicted octanol–water partition coefficient (Wildman–Crippen LogP) is 2.67. The first kappa shape index (κ1) is 34.8. The lowest BCUT2D eigenvalue weighted by molar-refractivity contribution is -0.894. The molecule has 2 aliphatic heterocycles. The minimum atomic E-state index is -4.82. The monoisotopic (exact) mass is 715 g/mol. The Kier molecular flexibility index (Phi) is 9.09. The molecule has 2 fully saturated rings. The molecule has 4 aromatic rings. The van der Waals surface area contributed by atoms with Gasteiger partial charge in [-0.25, -0.2) is 14.6 Å². The number of carbonyl (C=O) groups is 3. The van der Waals surface area contributed by atoms with Crippen LogP contribution in [0.1, 0.15) is 33.1 Å². The van der Waals surface area contributed by atoms with Crippen molar-refractivity contribution in [2.45, 2.75) is 24.7 Å². The van der Waals surface area contributed by atoms with E-state index in [1.807, 2.05) is 14.1 Å². The summed E-state index contributed by atoms with van der Waals surface area (Å²) in [6.45, 7) is 1.80. The number of aliphatic hydroxyl groups is 1. The van der Waals surface area contributed by atoms with Gasteiger partial charge in [-0.1, -0.05) is 11.6 Å². The van der Waals surface area contributed by atoms with E-state index in [0.29, 0.717) is 49.3 Å². The summed E-state index contributed by atoms with van der Waals surface area (Å²) in [7, 11) is 5.24. The number of nitrogens with two attached hydrogens (primary N) is 1. The van der Waals surface area contributed by atoms with Gasteiger partial charge in [0.05, 0.1) is 54.0 Å². The van der Waals surface area contributed by atoms with Gasteiger partial charge in [0.2, 0.25) is 0 Å². The maximum atomic E-state index is 14.0. The first-order valence-electron chi connectivity index (χ1n) is 15.6. The summed E-state index contributed by atoms with van der Waals surface area (Å²) in [5.74, 6) is -1.19. The number of nitrogen functional groups attached to an aromatic ring is 1. The zero-order chi connectivity index (χ0) is 36.1. The summed E-state index contributed by atoms with van der Waals surface area (Å²) in [5.41, 5.74) is 4.87. The molecule has 0 bridgehead atoms. The number of likely N-dealkylation sites (N-methyl/N-ethyl adjacent to an activating group) is 1. The van der Waals surface area contributed by atoms with E-state index >= 15 is 0 Å². The Bertz CT molecular complexity index is 1950. The number of halogens is 4. The maximum Gasteiger partial charge on any atom is 0.435 e. The van der Waals surface area contributed by atoms with Crippen LogP contribution in [0, 0.1) is 0 Å². The highest BCUT2D eigenvalue weighted by Gasteiger charge is 2.47. The number of hydrogen-bond acceptors (Lipinski definition) is 8. The molecule has 264 valence electrons. The maximum absolute atomic E-state index is 14.0. The van der Waals surface area contributed by atoms with Crippen molar-refractivity contribution in [3.05, 3.63) is 71.0 Å². The number of aliphatic hydroxyl groups excluding tert-OH is 1. The van der Waals surface area contributed by atoms with E-state index < -0.39 is 23.9 Å². The average molecular weight is 716 g/mol. The van der Waals surface area contributed by atoms with E-state index in [-0.39, 0.29) is 57.0 Å². The van der Waals surface area contributed by atoms with E-state index in [9.17, 15) is 32.7 Å². The molecule has 0 spiro atoms. The van der Waals surface area contributed by atoms with Crippen molar-refractivity contribution in [3.63, 3.8) is 0 Å². The largest absolute Gasteiger partial charge is 0.435 e. The topological polar surface area (TPSA) is 164 Å². The minimum Gasteiger partial charge on any atom is -0.397 e. The van der Waals surface area contributed by atoms with Crippen LogP contribution in [0.5, 0.6) is 0 Å². The van der Waals surface area contributed by atoms with Crippen LogP contribution in [0.3, 0.4) is 0 Å². The number of imidazole rings is 1. The molecule has 2 saturated heterocycles. The van der Waals surface area contributed by atoms with E-state index in [2.05, 4.69) is 20.4 Å². The van der Waals surface area contributed by atoms with E-state index in [4.69, 9.17) is 17.3 Å². The van der Waals surface area contributed by atoms with Crippen LogP contribution in [0.15, 0.2) is 48.9 Å². The molecule has 6 rings (SSSR count). The van der Waals surface area contributed by atoms with Crippen molar-refractivity contribution in [1.29, 1.82) is 0 Å². The fourth-order valence-corrected chi connectivity index (χ4v) is 6.71. The van der Waals surface area contributed by atoms with Gasteiger partial charge in [0, 0.05) is 51.5 Å². The summed E-state index contributed by atoms with van der Waals surface area (Å²) >= 11 is 6.48.